The Bertz CT molecular complexity index is 486. The normalized spacial score (nSPS) is 10.9. The maximum atomic E-state index is 11.6. The van der Waals surface area contributed by atoms with Crippen molar-refractivity contribution in [3.05, 3.63) is 18.2 Å². The van der Waals surface area contributed by atoms with E-state index in [1.807, 2.05) is 0 Å². The number of hydrogen-bond donors (Lipinski definition) is 5. The summed E-state index contributed by atoms with van der Waals surface area (Å²) >= 11 is 0. The molecule has 0 atom stereocenters. The topological polar surface area (TPSA) is 119 Å². The Kier molecular flexibility index (Phi) is 5.18. The van der Waals surface area contributed by atoms with Gasteiger partial charge in [-0.05, 0) is 43.8 Å². The van der Waals surface area contributed by atoms with Crippen molar-refractivity contribution >= 4 is 36.9 Å². The van der Waals surface area contributed by atoms with E-state index in [0.717, 1.165) is 0 Å². The van der Waals surface area contributed by atoms with Gasteiger partial charge in [-0.3, -0.25) is 5.32 Å². The lowest BCUT2D eigenvalue weighted by atomic mass is 9.65. The second-order valence-corrected chi connectivity index (χ2v) is 5.22. The van der Waals surface area contributed by atoms with Gasteiger partial charge in [0.05, 0.1) is 0 Å². The minimum absolute atomic E-state index is 0.0604. The lowest BCUT2D eigenvalue weighted by Crippen LogP contribution is -2.49. The van der Waals surface area contributed by atoms with Gasteiger partial charge in [-0.1, -0.05) is 6.07 Å². The average molecular weight is 281 g/mol. The molecule has 5 N–H and O–H groups in total. The number of carbonyl (C=O) groups is 1. The molecule has 0 unspecified atom stereocenters. The number of anilines is 1. The maximum absolute atomic E-state index is 11.6. The standard InChI is InChI=1S/C11H17B2NO6/c1-11(2,3)20-10(15)14-7-4-5-8(12(16)17)9(6-7)13(18)19/h4-6,16-19H,1-3H3,(H,14,15). The molecule has 1 aromatic carbocycles. The van der Waals surface area contributed by atoms with Crippen LogP contribution in [0.3, 0.4) is 0 Å². The molecule has 9 heteroatoms. The molecule has 7 nitrogen and oxygen atoms in total. The van der Waals surface area contributed by atoms with Crippen molar-refractivity contribution < 1.29 is 29.6 Å². The molecule has 0 fully saturated rings. The molecule has 0 heterocycles. The fraction of sp³-hybridized carbons (Fsp3) is 0.364. The summed E-state index contributed by atoms with van der Waals surface area (Å²) in [4.78, 5) is 11.6. The molecule has 108 valence electrons. The molecule has 1 amide bonds. The van der Waals surface area contributed by atoms with Gasteiger partial charge >= 0.3 is 20.3 Å². The van der Waals surface area contributed by atoms with E-state index in [1.54, 1.807) is 20.8 Å². The Morgan fingerprint density at radius 3 is 2.10 bits per heavy atom. The highest BCUT2D eigenvalue weighted by molar-refractivity contribution is 6.71. The smallest absolute Gasteiger partial charge is 0.444 e. The molecule has 0 saturated heterocycles. The predicted octanol–water partition coefficient (Wildman–Crippen LogP) is -1.61. The highest BCUT2D eigenvalue weighted by atomic mass is 16.6. The summed E-state index contributed by atoms with van der Waals surface area (Å²) in [5, 5.41) is 39.0. The summed E-state index contributed by atoms with van der Waals surface area (Å²) in [5.41, 5.74) is -0.597. The van der Waals surface area contributed by atoms with E-state index in [4.69, 9.17) is 14.8 Å². The first-order chi connectivity index (χ1) is 9.10. The van der Waals surface area contributed by atoms with Crippen molar-refractivity contribution in [2.24, 2.45) is 0 Å². The minimum atomic E-state index is -1.90. The molecule has 0 aliphatic heterocycles. The van der Waals surface area contributed by atoms with Crippen LogP contribution >= 0.6 is 0 Å². The number of benzene rings is 1. The monoisotopic (exact) mass is 281 g/mol. The van der Waals surface area contributed by atoms with E-state index < -0.39 is 25.9 Å². The summed E-state index contributed by atoms with van der Waals surface area (Å²) in [6.07, 6.45) is -0.701. The largest absolute Gasteiger partial charge is 0.488 e. The van der Waals surface area contributed by atoms with Gasteiger partial charge in [-0.15, -0.1) is 0 Å². The molecular weight excluding hydrogens is 264 g/mol. The Balaban J connectivity index is 2.93. The van der Waals surface area contributed by atoms with Crippen LogP contribution in [-0.4, -0.2) is 46.0 Å². The number of ether oxygens (including phenoxy) is 1. The van der Waals surface area contributed by atoms with Gasteiger partial charge < -0.3 is 24.8 Å². The maximum Gasteiger partial charge on any atom is 0.488 e. The molecule has 1 rings (SSSR count). The Morgan fingerprint density at radius 1 is 1.10 bits per heavy atom. The van der Waals surface area contributed by atoms with Gasteiger partial charge in [0.25, 0.3) is 0 Å². The molecule has 20 heavy (non-hydrogen) atoms. The van der Waals surface area contributed by atoms with Crippen molar-refractivity contribution in [3.8, 4) is 0 Å². The van der Waals surface area contributed by atoms with E-state index in [0.29, 0.717) is 0 Å². The van der Waals surface area contributed by atoms with E-state index in [1.165, 1.54) is 18.2 Å². The first-order valence-corrected chi connectivity index (χ1v) is 5.96. The molecule has 1 aromatic rings. The zero-order chi connectivity index (χ0) is 15.5. The number of rotatable bonds is 3. The number of carbonyl (C=O) groups excluding carboxylic acids is 1. The molecule has 0 aromatic heterocycles. The van der Waals surface area contributed by atoms with Gasteiger partial charge in [-0.25, -0.2) is 4.79 Å². The van der Waals surface area contributed by atoms with E-state index in [-0.39, 0.29) is 16.6 Å². The predicted molar refractivity (Wildman–Crippen MR) is 75.9 cm³/mol. The molecule has 0 aliphatic carbocycles. The van der Waals surface area contributed by atoms with Gasteiger partial charge in [0.2, 0.25) is 0 Å². The number of hydrogen-bond acceptors (Lipinski definition) is 6. The Labute approximate surface area is 117 Å². The van der Waals surface area contributed by atoms with Crippen LogP contribution in [0.15, 0.2) is 18.2 Å². The summed E-state index contributed by atoms with van der Waals surface area (Å²) < 4.78 is 5.05. The van der Waals surface area contributed by atoms with Crippen LogP contribution in [0.25, 0.3) is 0 Å². The average Bonchev–Trinajstić information content (AvgIpc) is 2.25. The SMILES string of the molecule is CC(C)(C)OC(=O)Nc1ccc(B(O)O)c(B(O)O)c1. The first kappa shape index (κ1) is 16.5. The summed E-state index contributed by atoms with van der Waals surface area (Å²) in [6, 6.07) is 3.89. The number of amides is 1. The molecule has 0 aliphatic rings. The molecule has 0 bridgehead atoms. The lowest BCUT2D eigenvalue weighted by molar-refractivity contribution is 0.0636. The summed E-state index contributed by atoms with van der Waals surface area (Å²) in [7, 11) is -3.74. The van der Waals surface area contributed by atoms with Crippen molar-refractivity contribution in [3.63, 3.8) is 0 Å². The van der Waals surface area contributed by atoms with E-state index >= 15 is 0 Å². The highest BCUT2D eigenvalue weighted by Gasteiger charge is 2.24. The fourth-order valence-corrected chi connectivity index (χ4v) is 1.53. The third-order valence-electron chi connectivity index (χ3n) is 2.29. The molecule has 0 saturated carbocycles. The van der Waals surface area contributed by atoms with Crippen LogP contribution in [0.1, 0.15) is 20.8 Å². The molecular formula is C11H17B2NO6. The fourth-order valence-electron chi connectivity index (χ4n) is 1.53. The van der Waals surface area contributed by atoms with Gasteiger partial charge in [0, 0.05) is 5.69 Å². The van der Waals surface area contributed by atoms with Crippen LogP contribution in [0.4, 0.5) is 10.5 Å². The van der Waals surface area contributed by atoms with Crippen LogP contribution in [0.2, 0.25) is 0 Å². The van der Waals surface area contributed by atoms with Crippen LogP contribution in [0.5, 0.6) is 0 Å². The third-order valence-corrected chi connectivity index (χ3v) is 2.29. The second-order valence-electron chi connectivity index (χ2n) is 5.22. The van der Waals surface area contributed by atoms with Crippen molar-refractivity contribution in [1.29, 1.82) is 0 Å². The molecule has 0 spiro atoms. The van der Waals surface area contributed by atoms with Gasteiger partial charge in [0.1, 0.15) is 5.60 Å². The molecule has 0 radical (unpaired) electrons. The van der Waals surface area contributed by atoms with Gasteiger partial charge in [-0.2, -0.15) is 0 Å². The minimum Gasteiger partial charge on any atom is -0.444 e. The van der Waals surface area contributed by atoms with Gasteiger partial charge in [0.15, 0.2) is 0 Å². The summed E-state index contributed by atoms with van der Waals surface area (Å²) in [5.74, 6) is 0. The number of nitrogens with one attached hydrogen (secondary N) is 1. The second kappa shape index (κ2) is 6.27. The zero-order valence-corrected chi connectivity index (χ0v) is 11.5. The first-order valence-electron chi connectivity index (χ1n) is 5.96. The van der Waals surface area contributed by atoms with Crippen molar-refractivity contribution in [2.75, 3.05) is 5.32 Å². The quantitative estimate of drug-likeness (QED) is 0.425. The van der Waals surface area contributed by atoms with Crippen molar-refractivity contribution in [2.45, 2.75) is 26.4 Å². The summed E-state index contributed by atoms with van der Waals surface area (Å²) in [6.45, 7) is 5.13. The Morgan fingerprint density at radius 2 is 1.65 bits per heavy atom. The van der Waals surface area contributed by atoms with Crippen LogP contribution in [0, 0.1) is 0 Å². The van der Waals surface area contributed by atoms with E-state index in [9.17, 15) is 14.8 Å². The third kappa shape index (κ3) is 4.86. The Hall–Kier alpha value is -1.54. The van der Waals surface area contributed by atoms with E-state index in [2.05, 4.69) is 5.32 Å². The lowest BCUT2D eigenvalue weighted by Gasteiger charge is -2.20. The van der Waals surface area contributed by atoms with Crippen molar-refractivity contribution in [1.82, 2.24) is 0 Å². The van der Waals surface area contributed by atoms with Crippen LogP contribution in [-0.2, 0) is 4.74 Å². The zero-order valence-electron chi connectivity index (χ0n) is 11.5. The highest BCUT2D eigenvalue weighted by Crippen LogP contribution is 2.10. The van der Waals surface area contributed by atoms with Crippen LogP contribution < -0.4 is 16.2 Å².